The van der Waals surface area contributed by atoms with Crippen LogP contribution in [0.2, 0.25) is 0 Å². The first-order valence-corrected chi connectivity index (χ1v) is 8.27. The molecule has 1 aromatic heterocycles. The van der Waals surface area contributed by atoms with Crippen LogP contribution in [0.25, 0.3) is 10.9 Å². The molecule has 3 rings (SSSR count). The number of ether oxygens (including phenoxy) is 2. The first kappa shape index (κ1) is 17.7. The van der Waals surface area contributed by atoms with Gasteiger partial charge in [0.2, 0.25) is 0 Å². The molecule has 0 radical (unpaired) electrons. The number of aromatic nitrogens is 1. The summed E-state index contributed by atoms with van der Waals surface area (Å²) < 4.78 is 24.7. The molecule has 134 valence electrons. The van der Waals surface area contributed by atoms with Gasteiger partial charge in [-0.1, -0.05) is 19.1 Å². The lowest BCUT2D eigenvalue weighted by Crippen LogP contribution is -2.32. The van der Waals surface area contributed by atoms with E-state index >= 15 is 0 Å². The van der Waals surface area contributed by atoms with Crippen molar-refractivity contribution in [2.24, 2.45) is 0 Å². The van der Waals surface area contributed by atoms with Crippen molar-refractivity contribution in [2.75, 3.05) is 12.4 Å². The van der Waals surface area contributed by atoms with E-state index in [-0.39, 0.29) is 11.7 Å². The van der Waals surface area contributed by atoms with Gasteiger partial charge in [0.1, 0.15) is 11.3 Å². The molecule has 26 heavy (non-hydrogen) atoms. The number of rotatable bonds is 6. The van der Waals surface area contributed by atoms with E-state index in [4.69, 9.17) is 9.47 Å². The number of nitrogens with zero attached hydrogens (tertiary/aromatic N) is 1. The summed E-state index contributed by atoms with van der Waals surface area (Å²) in [5, 5.41) is 3.60. The second-order valence-corrected chi connectivity index (χ2v) is 5.65. The van der Waals surface area contributed by atoms with Crippen LogP contribution < -0.4 is 14.8 Å². The molecule has 1 N–H and O–H groups in total. The first-order chi connectivity index (χ1) is 12.6. The zero-order chi connectivity index (χ0) is 18.5. The van der Waals surface area contributed by atoms with Crippen LogP contribution in [0, 0.1) is 5.82 Å². The van der Waals surface area contributed by atoms with E-state index in [0.717, 1.165) is 5.39 Å². The van der Waals surface area contributed by atoms with Crippen LogP contribution in [-0.2, 0) is 4.79 Å². The molecule has 1 amide bonds. The molecular weight excluding hydrogens is 335 g/mol. The summed E-state index contributed by atoms with van der Waals surface area (Å²) in [5.41, 5.74) is 1.24. The minimum Gasteiger partial charge on any atom is -0.494 e. The monoisotopic (exact) mass is 354 g/mol. The molecular formula is C20H19FN2O3. The van der Waals surface area contributed by atoms with E-state index in [1.165, 1.54) is 12.1 Å². The van der Waals surface area contributed by atoms with Crippen LogP contribution in [0.4, 0.5) is 10.1 Å². The Morgan fingerprint density at radius 1 is 1.15 bits per heavy atom. The van der Waals surface area contributed by atoms with Crippen molar-refractivity contribution < 1.29 is 18.7 Å². The Kier molecular flexibility index (Phi) is 5.31. The third kappa shape index (κ3) is 3.59. The molecule has 0 aliphatic rings. The number of benzene rings is 2. The minimum atomic E-state index is -0.819. The van der Waals surface area contributed by atoms with Gasteiger partial charge in [-0.2, -0.15) is 0 Å². The van der Waals surface area contributed by atoms with Crippen molar-refractivity contribution in [3.05, 3.63) is 60.5 Å². The van der Waals surface area contributed by atoms with Crippen molar-refractivity contribution in [3.8, 4) is 11.5 Å². The maximum absolute atomic E-state index is 13.8. The van der Waals surface area contributed by atoms with Crippen LogP contribution in [0.1, 0.15) is 13.3 Å². The quantitative estimate of drug-likeness (QED) is 0.721. The zero-order valence-corrected chi connectivity index (χ0v) is 14.5. The Morgan fingerprint density at radius 3 is 2.69 bits per heavy atom. The standard InChI is InChI=1S/C20H19FN2O3/c1-3-16(26-17-9-5-4-8-14(17)21)20(24)23-15-10-11-18(25-2)19-13(15)7-6-12-22-19/h4-12,16H,3H2,1-2H3,(H,23,24). The van der Waals surface area contributed by atoms with E-state index in [1.54, 1.807) is 50.6 Å². The third-order valence-corrected chi connectivity index (χ3v) is 3.98. The van der Waals surface area contributed by atoms with Gasteiger partial charge in [0, 0.05) is 11.6 Å². The molecule has 3 aromatic rings. The van der Waals surface area contributed by atoms with E-state index in [0.29, 0.717) is 23.4 Å². The van der Waals surface area contributed by atoms with Gasteiger partial charge in [0.05, 0.1) is 12.8 Å². The highest BCUT2D eigenvalue weighted by Gasteiger charge is 2.21. The molecule has 2 aromatic carbocycles. The van der Waals surface area contributed by atoms with Crippen molar-refractivity contribution in [2.45, 2.75) is 19.4 Å². The lowest BCUT2D eigenvalue weighted by molar-refractivity contribution is -0.122. The largest absolute Gasteiger partial charge is 0.494 e. The number of amides is 1. The smallest absolute Gasteiger partial charge is 0.265 e. The summed E-state index contributed by atoms with van der Waals surface area (Å²) >= 11 is 0. The molecule has 1 atom stereocenters. The average molecular weight is 354 g/mol. The molecule has 6 heteroatoms. The van der Waals surface area contributed by atoms with Crippen LogP contribution in [-0.4, -0.2) is 24.1 Å². The molecule has 0 saturated carbocycles. The highest BCUT2D eigenvalue weighted by Crippen LogP contribution is 2.30. The number of halogens is 1. The molecule has 0 saturated heterocycles. The van der Waals surface area contributed by atoms with E-state index < -0.39 is 11.9 Å². The predicted octanol–water partition coefficient (Wildman–Crippen LogP) is 4.18. The molecule has 0 aliphatic heterocycles. The number of para-hydroxylation sites is 1. The summed E-state index contributed by atoms with van der Waals surface area (Å²) in [7, 11) is 1.57. The molecule has 5 nitrogen and oxygen atoms in total. The van der Waals surface area contributed by atoms with Crippen molar-refractivity contribution >= 4 is 22.5 Å². The van der Waals surface area contributed by atoms with Gasteiger partial charge in [0.15, 0.2) is 17.7 Å². The van der Waals surface area contributed by atoms with Crippen molar-refractivity contribution in [1.29, 1.82) is 0 Å². The first-order valence-electron chi connectivity index (χ1n) is 8.27. The molecule has 0 fully saturated rings. The third-order valence-electron chi connectivity index (χ3n) is 3.98. The van der Waals surface area contributed by atoms with E-state index in [2.05, 4.69) is 10.3 Å². The Morgan fingerprint density at radius 2 is 1.96 bits per heavy atom. The number of carbonyl (C=O) groups is 1. The van der Waals surface area contributed by atoms with Crippen LogP contribution >= 0.6 is 0 Å². The van der Waals surface area contributed by atoms with Gasteiger partial charge in [-0.05, 0) is 42.8 Å². The Bertz CT molecular complexity index is 930. The number of anilines is 1. The van der Waals surface area contributed by atoms with E-state index in [1.807, 2.05) is 6.07 Å². The summed E-state index contributed by atoms with van der Waals surface area (Å²) in [5.74, 6) is -0.187. The molecule has 1 unspecified atom stereocenters. The molecule has 0 aliphatic carbocycles. The lowest BCUT2D eigenvalue weighted by Gasteiger charge is -2.18. The number of methoxy groups -OCH3 is 1. The Hall–Kier alpha value is -3.15. The number of hydrogen-bond acceptors (Lipinski definition) is 4. The Labute approximate surface area is 150 Å². The molecule has 0 spiro atoms. The number of nitrogens with one attached hydrogen (secondary N) is 1. The normalized spacial score (nSPS) is 11.8. The van der Waals surface area contributed by atoms with Crippen molar-refractivity contribution in [3.63, 3.8) is 0 Å². The highest BCUT2D eigenvalue weighted by atomic mass is 19.1. The average Bonchev–Trinajstić information content (AvgIpc) is 2.67. The number of hydrogen-bond donors (Lipinski definition) is 1. The van der Waals surface area contributed by atoms with Gasteiger partial charge in [-0.15, -0.1) is 0 Å². The Balaban J connectivity index is 1.85. The van der Waals surface area contributed by atoms with Gasteiger partial charge in [0.25, 0.3) is 5.91 Å². The fourth-order valence-corrected chi connectivity index (χ4v) is 2.65. The fraction of sp³-hybridized carbons (Fsp3) is 0.200. The van der Waals surface area contributed by atoms with Gasteiger partial charge >= 0.3 is 0 Å². The van der Waals surface area contributed by atoms with Crippen molar-refractivity contribution in [1.82, 2.24) is 4.98 Å². The summed E-state index contributed by atoms with van der Waals surface area (Å²) in [6, 6.07) is 13.1. The summed E-state index contributed by atoms with van der Waals surface area (Å²) in [4.78, 5) is 17.0. The second-order valence-electron chi connectivity index (χ2n) is 5.65. The van der Waals surface area contributed by atoms with Gasteiger partial charge in [-0.3, -0.25) is 9.78 Å². The predicted molar refractivity (Wildman–Crippen MR) is 98.0 cm³/mol. The molecule has 1 heterocycles. The minimum absolute atomic E-state index is 0.0516. The maximum atomic E-state index is 13.8. The van der Waals surface area contributed by atoms with Crippen LogP contribution in [0.5, 0.6) is 11.5 Å². The highest BCUT2D eigenvalue weighted by molar-refractivity contribution is 6.04. The summed E-state index contributed by atoms with van der Waals surface area (Å²) in [6.45, 7) is 1.80. The zero-order valence-electron chi connectivity index (χ0n) is 14.5. The SMILES string of the molecule is CCC(Oc1ccccc1F)C(=O)Nc1ccc(OC)c2ncccc12. The van der Waals surface area contributed by atoms with Gasteiger partial charge in [-0.25, -0.2) is 4.39 Å². The second kappa shape index (κ2) is 7.82. The topological polar surface area (TPSA) is 60.5 Å². The number of carbonyl (C=O) groups excluding carboxylic acids is 1. The molecule has 0 bridgehead atoms. The summed E-state index contributed by atoms with van der Waals surface area (Å²) in [6.07, 6.45) is 1.24. The van der Waals surface area contributed by atoms with E-state index in [9.17, 15) is 9.18 Å². The number of pyridine rings is 1. The fourth-order valence-electron chi connectivity index (χ4n) is 2.65. The van der Waals surface area contributed by atoms with Crippen LogP contribution in [0.3, 0.4) is 0 Å². The van der Waals surface area contributed by atoms with Crippen LogP contribution in [0.15, 0.2) is 54.7 Å². The lowest BCUT2D eigenvalue weighted by atomic mass is 10.1. The van der Waals surface area contributed by atoms with Gasteiger partial charge < -0.3 is 14.8 Å². The maximum Gasteiger partial charge on any atom is 0.265 e. The number of fused-ring (bicyclic) bond motifs is 1.